The number of carbonyl (C=O) groups is 2. The molecular formula is C25H40O5. The van der Waals surface area contributed by atoms with Crippen LogP contribution in [0.3, 0.4) is 0 Å². The van der Waals surface area contributed by atoms with Crippen LogP contribution in [0.2, 0.25) is 0 Å². The third-order valence-electron chi connectivity index (χ3n) is 8.71. The molecule has 5 heteroatoms. The van der Waals surface area contributed by atoms with E-state index in [1.54, 1.807) is 0 Å². The summed E-state index contributed by atoms with van der Waals surface area (Å²) in [6, 6.07) is 0. The van der Waals surface area contributed by atoms with E-state index in [0.717, 1.165) is 12.8 Å². The van der Waals surface area contributed by atoms with Crippen LogP contribution in [0.5, 0.6) is 0 Å². The third-order valence-corrected chi connectivity index (χ3v) is 8.71. The molecule has 3 rings (SSSR count). The quantitative estimate of drug-likeness (QED) is 0.523. The fourth-order valence-corrected chi connectivity index (χ4v) is 7.52. The van der Waals surface area contributed by atoms with Crippen LogP contribution in [0.1, 0.15) is 73.6 Å². The molecule has 0 spiro atoms. The number of fused-ring (bicyclic) bond motifs is 3. The van der Waals surface area contributed by atoms with Crippen molar-refractivity contribution in [3.05, 3.63) is 12.2 Å². The molecule has 0 aromatic rings. The van der Waals surface area contributed by atoms with Crippen molar-refractivity contribution in [2.24, 2.45) is 39.9 Å². The minimum absolute atomic E-state index is 0.0943. The molecule has 170 valence electrons. The zero-order valence-corrected chi connectivity index (χ0v) is 19.6. The summed E-state index contributed by atoms with van der Waals surface area (Å²) in [7, 11) is 0. The third kappa shape index (κ3) is 3.94. The van der Waals surface area contributed by atoms with Crippen LogP contribution in [-0.4, -0.2) is 36.4 Å². The van der Waals surface area contributed by atoms with Crippen LogP contribution < -0.4 is 0 Å². The van der Waals surface area contributed by atoms with Crippen molar-refractivity contribution in [1.29, 1.82) is 0 Å². The van der Waals surface area contributed by atoms with E-state index in [4.69, 9.17) is 9.47 Å². The molecule has 0 saturated heterocycles. The van der Waals surface area contributed by atoms with Crippen molar-refractivity contribution < 1.29 is 24.2 Å². The molecule has 1 N–H and O–H groups in total. The van der Waals surface area contributed by atoms with Crippen molar-refractivity contribution in [2.45, 2.75) is 79.8 Å². The number of rotatable bonds is 5. The molecule has 2 fully saturated rings. The average Bonchev–Trinajstić information content (AvgIpc) is 2.63. The molecule has 0 amide bonds. The van der Waals surface area contributed by atoms with E-state index in [0.29, 0.717) is 17.3 Å². The van der Waals surface area contributed by atoms with Gasteiger partial charge in [-0.3, -0.25) is 9.59 Å². The van der Waals surface area contributed by atoms with Crippen LogP contribution in [0.4, 0.5) is 0 Å². The van der Waals surface area contributed by atoms with Gasteiger partial charge in [0.15, 0.2) is 6.10 Å². The van der Waals surface area contributed by atoms with Gasteiger partial charge in [-0.2, -0.15) is 0 Å². The Kier molecular flexibility index (Phi) is 6.44. The van der Waals surface area contributed by atoms with Gasteiger partial charge < -0.3 is 14.6 Å². The van der Waals surface area contributed by atoms with Crippen molar-refractivity contribution in [1.82, 2.24) is 0 Å². The molecule has 0 aliphatic heterocycles. The molecule has 0 aromatic heterocycles. The number of allylic oxidation sites excluding steroid dienone is 2. The molecule has 3 aliphatic carbocycles. The largest absolute Gasteiger partial charge is 0.461 e. The molecule has 0 radical (unpaired) electrons. The van der Waals surface area contributed by atoms with Gasteiger partial charge in [-0.05, 0) is 59.7 Å². The fourth-order valence-electron chi connectivity index (χ4n) is 7.52. The van der Waals surface area contributed by atoms with Gasteiger partial charge in [0.1, 0.15) is 6.61 Å². The highest BCUT2D eigenvalue weighted by molar-refractivity contribution is 5.75. The first-order valence-electron chi connectivity index (χ1n) is 11.6. The van der Waals surface area contributed by atoms with Crippen LogP contribution in [0.15, 0.2) is 12.2 Å². The molecule has 0 aromatic carbocycles. The van der Waals surface area contributed by atoms with E-state index in [1.165, 1.54) is 26.2 Å². The highest BCUT2D eigenvalue weighted by Crippen LogP contribution is 2.67. The minimum atomic E-state index is -0.808. The van der Waals surface area contributed by atoms with Crippen molar-refractivity contribution >= 4 is 11.9 Å². The summed E-state index contributed by atoms with van der Waals surface area (Å²) in [5, 5.41) is 9.42. The number of hydrogen-bond acceptors (Lipinski definition) is 5. The summed E-state index contributed by atoms with van der Waals surface area (Å²) < 4.78 is 10.6. The van der Waals surface area contributed by atoms with Crippen molar-refractivity contribution in [2.75, 3.05) is 13.2 Å². The summed E-state index contributed by atoms with van der Waals surface area (Å²) in [5.74, 6) is 0.150. The summed E-state index contributed by atoms with van der Waals surface area (Å²) in [5.41, 5.74) is 0.370. The van der Waals surface area contributed by atoms with Gasteiger partial charge >= 0.3 is 11.9 Å². The molecule has 2 saturated carbocycles. The average molecular weight is 421 g/mol. The number of ether oxygens (including phenoxy) is 2. The predicted octanol–water partition coefficient (Wildman–Crippen LogP) is 4.52. The first-order valence-corrected chi connectivity index (χ1v) is 11.6. The van der Waals surface area contributed by atoms with E-state index >= 15 is 0 Å². The van der Waals surface area contributed by atoms with Crippen molar-refractivity contribution in [3.63, 3.8) is 0 Å². The molecular weight excluding hydrogens is 380 g/mol. The Morgan fingerprint density at radius 1 is 1.10 bits per heavy atom. The minimum Gasteiger partial charge on any atom is -0.461 e. The molecule has 3 aliphatic rings. The van der Waals surface area contributed by atoms with Crippen molar-refractivity contribution in [3.8, 4) is 0 Å². The van der Waals surface area contributed by atoms with Gasteiger partial charge in [-0.15, -0.1) is 0 Å². The fraction of sp³-hybridized carbons (Fsp3) is 0.840. The molecule has 30 heavy (non-hydrogen) atoms. The monoisotopic (exact) mass is 420 g/mol. The highest BCUT2D eigenvalue weighted by Gasteiger charge is 2.62. The first kappa shape index (κ1) is 23.3. The maximum absolute atomic E-state index is 13.3. The number of aliphatic hydroxyl groups excluding tert-OH is 1. The van der Waals surface area contributed by atoms with E-state index in [1.807, 2.05) is 0 Å². The Balaban J connectivity index is 1.83. The Hall–Kier alpha value is -1.36. The topological polar surface area (TPSA) is 72.8 Å². The Morgan fingerprint density at radius 3 is 2.43 bits per heavy atom. The van der Waals surface area contributed by atoms with Gasteiger partial charge in [-0.1, -0.05) is 53.2 Å². The summed E-state index contributed by atoms with van der Waals surface area (Å²) >= 11 is 0. The first-order chi connectivity index (χ1) is 14.0. The standard InChI is InChI=1S/C25H40O5/c1-16-8-9-20-24(5)12-7-11-23(3,4)19(24)10-13-25(20,6)21(16)22(28)29-15-18(14-26)30-17(2)27/h8-9,16,18-21,26H,7,10-15H2,1-6H3/t16-,18+,19-,20+,21-,24-,25+/m1/s1. The summed E-state index contributed by atoms with van der Waals surface area (Å²) in [4.78, 5) is 24.5. The van der Waals surface area contributed by atoms with Crippen LogP contribution in [-0.2, 0) is 19.1 Å². The molecule has 7 atom stereocenters. The maximum atomic E-state index is 13.3. The second kappa shape index (κ2) is 8.29. The summed E-state index contributed by atoms with van der Waals surface area (Å²) in [6.07, 6.45) is 9.70. The van der Waals surface area contributed by atoms with E-state index in [9.17, 15) is 14.7 Å². The number of hydrogen-bond donors (Lipinski definition) is 1. The second-order valence-electron chi connectivity index (χ2n) is 11.2. The van der Waals surface area contributed by atoms with E-state index in [-0.39, 0.29) is 41.8 Å². The van der Waals surface area contributed by atoms with Gasteiger partial charge in [0, 0.05) is 6.92 Å². The van der Waals surface area contributed by atoms with Crippen LogP contribution in [0.25, 0.3) is 0 Å². The Bertz CT molecular complexity index is 698. The molecule has 5 nitrogen and oxygen atoms in total. The number of aliphatic hydroxyl groups is 1. The molecule has 0 bridgehead atoms. The maximum Gasteiger partial charge on any atom is 0.310 e. The lowest BCUT2D eigenvalue weighted by Gasteiger charge is -2.64. The predicted molar refractivity (Wildman–Crippen MR) is 115 cm³/mol. The van der Waals surface area contributed by atoms with Gasteiger partial charge in [0.05, 0.1) is 12.5 Å². The molecule has 0 unspecified atom stereocenters. The Morgan fingerprint density at radius 2 is 1.80 bits per heavy atom. The van der Waals surface area contributed by atoms with Crippen LogP contribution in [0, 0.1) is 39.9 Å². The lowest BCUT2D eigenvalue weighted by molar-refractivity contribution is -0.179. The zero-order valence-electron chi connectivity index (χ0n) is 19.6. The number of esters is 2. The molecule has 0 heterocycles. The lowest BCUT2D eigenvalue weighted by atomic mass is 9.40. The smallest absolute Gasteiger partial charge is 0.310 e. The second-order valence-corrected chi connectivity index (χ2v) is 11.2. The Labute approximate surface area is 181 Å². The zero-order chi connectivity index (χ0) is 22.3. The SMILES string of the molecule is CC(=O)O[C@@H](CO)COC(=O)[C@H]1[C@H](C)C=C[C@H]2[C@]3(C)CCCC(C)(C)[C@H]3CC[C@@]21C. The number of carbonyl (C=O) groups excluding carboxylic acids is 2. The van der Waals surface area contributed by atoms with E-state index < -0.39 is 12.1 Å². The normalized spacial score (nSPS) is 40.6. The highest BCUT2D eigenvalue weighted by atomic mass is 16.6. The van der Waals surface area contributed by atoms with Crippen LogP contribution >= 0.6 is 0 Å². The van der Waals surface area contributed by atoms with Gasteiger partial charge in [0.25, 0.3) is 0 Å². The van der Waals surface area contributed by atoms with Gasteiger partial charge in [0.2, 0.25) is 0 Å². The van der Waals surface area contributed by atoms with E-state index in [2.05, 4.69) is 46.8 Å². The lowest BCUT2D eigenvalue weighted by Crippen LogP contribution is -2.59. The summed E-state index contributed by atoms with van der Waals surface area (Å²) in [6.45, 7) is 12.5. The van der Waals surface area contributed by atoms with Gasteiger partial charge in [-0.25, -0.2) is 0 Å².